The van der Waals surface area contributed by atoms with Crippen molar-refractivity contribution >= 4 is 11.7 Å². The number of carbonyl (C=O) groups is 1. The largest absolute Gasteiger partial charge is 0.354 e. The summed E-state index contributed by atoms with van der Waals surface area (Å²) in [7, 11) is 3.54. The standard InChI is InChI=1S/C14H21N3O/c1-11-6-4-5-9-17(11)13-10-12(7-8-15-13)14(18)16(2)3/h7-8,10-11H,4-6,9H2,1-3H3. The topological polar surface area (TPSA) is 36.4 Å². The molecule has 1 saturated heterocycles. The summed E-state index contributed by atoms with van der Waals surface area (Å²) in [6, 6.07) is 4.20. The highest BCUT2D eigenvalue weighted by atomic mass is 16.2. The Hall–Kier alpha value is -1.58. The maximum atomic E-state index is 11.9. The maximum absolute atomic E-state index is 11.9. The van der Waals surface area contributed by atoms with Crippen molar-refractivity contribution in [1.29, 1.82) is 0 Å². The molecule has 0 radical (unpaired) electrons. The highest BCUT2D eigenvalue weighted by molar-refractivity contribution is 5.94. The number of anilines is 1. The average molecular weight is 247 g/mol. The first-order valence-corrected chi connectivity index (χ1v) is 6.54. The van der Waals surface area contributed by atoms with Gasteiger partial charge >= 0.3 is 0 Å². The van der Waals surface area contributed by atoms with E-state index in [1.165, 1.54) is 19.3 Å². The first-order chi connectivity index (χ1) is 8.59. The summed E-state index contributed by atoms with van der Waals surface area (Å²) in [6.45, 7) is 3.26. The number of hydrogen-bond donors (Lipinski definition) is 0. The molecule has 98 valence electrons. The third-order valence-corrected chi connectivity index (χ3v) is 3.50. The first kappa shape index (κ1) is 12.9. The number of carbonyl (C=O) groups excluding carboxylic acids is 1. The molecule has 1 fully saturated rings. The molecule has 4 heteroatoms. The average Bonchev–Trinajstić information content (AvgIpc) is 2.38. The zero-order valence-electron chi connectivity index (χ0n) is 11.4. The van der Waals surface area contributed by atoms with Gasteiger partial charge in [0.05, 0.1) is 0 Å². The van der Waals surface area contributed by atoms with E-state index in [9.17, 15) is 4.79 Å². The van der Waals surface area contributed by atoms with Gasteiger partial charge in [-0.15, -0.1) is 0 Å². The number of hydrogen-bond acceptors (Lipinski definition) is 3. The van der Waals surface area contributed by atoms with Gasteiger partial charge in [-0.25, -0.2) is 4.98 Å². The van der Waals surface area contributed by atoms with Crippen LogP contribution in [0.25, 0.3) is 0 Å². The lowest BCUT2D eigenvalue weighted by Crippen LogP contribution is -2.38. The van der Waals surface area contributed by atoms with E-state index in [4.69, 9.17) is 0 Å². The summed E-state index contributed by atoms with van der Waals surface area (Å²) in [5, 5.41) is 0. The maximum Gasteiger partial charge on any atom is 0.253 e. The minimum Gasteiger partial charge on any atom is -0.354 e. The molecule has 1 amide bonds. The van der Waals surface area contributed by atoms with E-state index in [1.54, 1.807) is 31.3 Å². The second-order valence-electron chi connectivity index (χ2n) is 5.14. The lowest BCUT2D eigenvalue weighted by Gasteiger charge is -2.34. The van der Waals surface area contributed by atoms with E-state index in [2.05, 4.69) is 16.8 Å². The lowest BCUT2D eigenvalue weighted by molar-refractivity contribution is 0.0827. The van der Waals surface area contributed by atoms with Gasteiger partial charge in [0.15, 0.2) is 0 Å². The van der Waals surface area contributed by atoms with Crippen molar-refractivity contribution < 1.29 is 4.79 Å². The predicted octanol–water partition coefficient (Wildman–Crippen LogP) is 2.16. The van der Waals surface area contributed by atoms with Crippen LogP contribution in [0.5, 0.6) is 0 Å². The molecule has 1 aliphatic rings. The highest BCUT2D eigenvalue weighted by Crippen LogP contribution is 2.23. The van der Waals surface area contributed by atoms with Crippen molar-refractivity contribution in [2.75, 3.05) is 25.5 Å². The number of aromatic nitrogens is 1. The summed E-state index contributed by atoms with van der Waals surface area (Å²) >= 11 is 0. The third-order valence-electron chi connectivity index (χ3n) is 3.50. The van der Waals surface area contributed by atoms with Crippen molar-refractivity contribution in [3.05, 3.63) is 23.9 Å². The van der Waals surface area contributed by atoms with Crippen LogP contribution in [0.2, 0.25) is 0 Å². The Morgan fingerprint density at radius 2 is 2.22 bits per heavy atom. The van der Waals surface area contributed by atoms with Crippen molar-refractivity contribution in [1.82, 2.24) is 9.88 Å². The predicted molar refractivity (Wildman–Crippen MR) is 72.9 cm³/mol. The molecule has 1 aromatic rings. The monoisotopic (exact) mass is 247 g/mol. The van der Waals surface area contributed by atoms with Crippen LogP contribution in [-0.2, 0) is 0 Å². The lowest BCUT2D eigenvalue weighted by atomic mass is 10.0. The van der Waals surface area contributed by atoms with E-state index in [0.29, 0.717) is 11.6 Å². The minimum absolute atomic E-state index is 0.0308. The summed E-state index contributed by atoms with van der Waals surface area (Å²) in [5.74, 6) is 0.957. The Balaban J connectivity index is 2.23. The molecule has 1 aromatic heterocycles. The quantitative estimate of drug-likeness (QED) is 0.803. The van der Waals surface area contributed by atoms with Crippen LogP contribution >= 0.6 is 0 Å². The van der Waals surface area contributed by atoms with Gasteiger partial charge in [-0.2, -0.15) is 0 Å². The smallest absolute Gasteiger partial charge is 0.253 e. The molecule has 4 nitrogen and oxygen atoms in total. The summed E-state index contributed by atoms with van der Waals surface area (Å²) < 4.78 is 0. The second kappa shape index (κ2) is 5.38. The first-order valence-electron chi connectivity index (χ1n) is 6.54. The Morgan fingerprint density at radius 3 is 2.89 bits per heavy atom. The van der Waals surface area contributed by atoms with Crippen LogP contribution in [0.3, 0.4) is 0 Å². The fourth-order valence-corrected chi connectivity index (χ4v) is 2.41. The Kier molecular flexibility index (Phi) is 3.84. The van der Waals surface area contributed by atoms with Gasteiger partial charge in [0.1, 0.15) is 5.82 Å². The number of rotatable bonds is 2. The molecule has 0 aliphatic carbocycles. The normalized spacial score (nSPS) is 19.7. The Labute approximate surface area is 109 Å². The van der Waals surface area contributed by atoms with Crippen LogP contribution in [0, 0.1) is 0 Å². The molecule has 2 heterocycles. The van der Waals surface area contributed by atoms with Gasteiger partial charge < -0.3 is 9.80 Å². The van der Waals surface area contributed by atoms with Gasteiger partial charge in [0.2, 0.25) is 0 Å². The van der Waals surface area contributed by atoms with Crippen molar-refractivity contribution in [2.45, 2.75) is 32.2 Å². The molecule has 0 spiro atoms. The second-order valence-corrected chi connectivity index (χ2v) is 5.14. The molecule has 0 bridgehead atoms. The van der Waals surface area contributed by atoms with E-state index < -0.39 is 0 Å². The molecule has 1 aliphatic heterocycles. The van der Waals surface area contributed by atoms with E-state index in [1.807, 2.05) is 6.07 Å². The molecule has 1 atom stereocenters. The molecular weight excluding hydrogens is 226 g/mol. The van der Waals surface area contributed by atoms with Gasteiger partial charge in [0.25, 0.3) is 5.91 Å². The molecule has 2 rings (SSSR count). The van der Waals surface area contributed by atoms with Crippen molar-refractivity contribution in [2.24, 2.45) is 0 Å². The number of piperidine rings is 1. The van der Waals surface area contributed by atoms with Crippen molar-refractivity contribution in [3.63, 3.8) is 0 Å². The zero-order chi connectivity index (χ0) is 13.1. The zero-order valence-corrected chi connectivity index (χ0v) is 11.4. The minimum atomic E-state index is 0.0308. The summed E-state index contributed by atoms with van der Waals surface area (Å²) in [6.07, 6.45) is 5.42. The van der Waals surface area contributed by atoms with Crippen LogP contribution in [0.4, 0.5) is 5.82 Å². The van der Waals surface area contributed by atoms with Gasteiger partial charge in [0, 0.05) is 38.4 Å². The number of nitrogens with zero attached hydrogens (tertiary/aromatic N) is 3. The summed E-state index contributed by atoms with van der Waals surface area (Å²) in [4.78, 5) is 20.2. The van der Waals surface area contributed by atoms with E-state index in [-0.39, 0.29) is 5.91 Å². The molecule has 1 unspecified atom stereocenters. The molecule has 0 saturated carbocycles. The molecular formula is C14H21N3O. The van der Waals surface area contributed by atoms with Gasteiger partial charge in [-0.05, 0) is 38.3 Å². The third kappa shape index (κ3) is 2.63. The molecule has 0 aromatic carbocycles. The van der Waals surface area contributed by atoms with Crippen LogP contribution < -0.4 is 4.90 Å². The van der Waals surface area contributed by atoms with Crippen LogP contribution in [-0.4, -0.2) is 42.5 Å². The SMILES string of the molecule is CC1CCCCN1c1cc(C(=O)N(C)C)ccn1. The number of pyridine rings is 1. The van der Waals surface area contributed by atoms with E-state index in [0.717, 1.165) is 12.4 Å². The Morgan fingerprint density at radius 1 is 1.44 bits per heavy atom. The highest BCUT2D eigenvalue weighted by Gasteiger charge is 2.20. The van der Waals surface area contributed by atoms with Gasteiger partial charge in [-0.3, -0.25) is 4.79 Å². The molecule has 0 N–H and O–H groups in total. The Bertz CT molecular complexity index is 431. The van der Waals surface area contributed by atoms with E-state index >= 15 is 0 Å². The summed E-state index contributed by atoms with van der Waals surface area (Å²) in [5.41, 5.74) is 0.711. The fraction of sp³-hybridized carbons (Fsp3) is 0.571. The molecule has 18 heavy (non-hydrogen) atoms. The van der Waals surface area contributed by atoms with Crippen LogP contribution in [0.15, 0.2) is 18.3 Å². The van der Waals surface area contributed by atoms with Crippen molar-refractivity contribution in [3.8, 4) is 0 Å². The van der Waals surface area contributed by atoms with Gasteiger partial charge in [-0.1, -0.05) is 0 Å². The number of amides is 1. The van der Waals surface area contributed by atoms with Crippen LogP contribution in [0.1, 0.15) is 36.5 Å². The fourth-order valence-electron chi connectivity index (χ4n) is 2.41.